The maximum Gasteiger partial charge on any atom is 0.152 e. The maximum atomic E-state index is 11.3. The van der Waals surface area contributed by atoms with Crippen LogP contribution < -0.4 is 10.6 Å². The van der Waals surface area contributed by atoms with Gasteiger partial charge in [-0.25, -0.2) is 8.42 Å². The lowest BCUT2D eigenvalue weighted by atomic mass is 10.0. The van der Waals surface area contributed by atoms with E-state index >= 15 is 0 Å². The van der Waals surface area contributed by atoms with Gasteiger partial charge in [-0.05, 0) is 13.3 Å². The normalized spacial score (nSPS) is 28.4. The summed E-state index contributed by atoms with van der Waals surface area (Å²) in [7, 11) is -1.14. The van der Waals surface area contributed by atoms with Gasteiger partial charge in [-0.15, -0.1) is 0 Å². The lowest BCUT2D eigenvalue weighted by Crippen LogP contribution is -2.46. The van der Waals surface area contributed by atoms with Gasteiger partial charge in [0.15, 0.2) is 9.84 Å². The number of methoxy groups -OCH3 is 1. The van der Waals surface area contributed by atoms with Gasteiger partial charge in [-0.1, -0.05) is 0 Å². The van der Waals surface area contributed by atoms with Crippen molar-refractivity contribution in [3.05, 3.63) is 0 Å². The van der Waals surface area contributed by atoms with Crippen molar-refractivity contribution in [2.24, 2.45) is 0 Å². The SMILES string of the molecule is COCCNCCNC1(C)CCS(=O)(=O)C1. The topological polar surface area (TPSA) is 67.4 Å². The van der Waals surface area contributed by atoms with E-state index in [0.717, 1.165) is 19.6 Å². The van der Waals surface area contributed by atoms with Crippen LogP contribution in [0, 0.1) is 0 Å². The Morgan fingerprint density at radius 2 is 2.06 bits per heavy atom. The Bertz CT molecular complexity index is 305. The number of sulfone groups is 1. The fraction of sp³-hybridized carbons (Fsp3) is 1.00. The molecule has 1 heterocycles. The molecular formula is C10H22N2O3S. The number of nitrogens with one attached hydrogen (secondary N) is 2. The van der Waals surface area contributed by atoms with Crippen LogP contribution >= 0.6 is 0 Å². The van der Waals surface area contributed by atoms with Crippen molar-refractivity contribution < 1.29 is 13.2 Å². The van der Waals surface area contributed by atoms with Gasteiger partial charge in [-0.2, -0.15) is 0 Å². The lowest BCUT2D eigenvalue weighted by Gasteiger charge is -2.24. The highest BCUT2D eigenvalue weighted by Gasteiger charge is 2.37. The third-order valence-electron chi connectivity index (χ3n) is 2.84. The van der Waals surface area contributed by atoms with Crippen LogP contribution in [-0.4, -0.2) is 58.8 Å². The quantitative estimate of drug-likeness (QED) is 0.590. The standard InChI is InChI=1S/C10H22N2O3S/c1-10(3-8-16(13,14)9-10)12-5-4-11-6-7-15-2/h11-12H,3-9H2,1-2H3. The monoisotopic (exact) mass is 250 g/mol. The van der Waals surface area contributed by atoms with Gasteiger partial charge in [0.25, 0.3) is 0 Å². The Balaban J connectivity index is 2.13. The van der Waals surface area contributed by atoms with Crippen molar-refractivity contribution in [1.29, 1.82) is 0 Å². The Kier molecular flexibility index (Phi) is 5.17. The van der Waals surface area contributed by atoms with Crippen LogP contribution in [0.1, 0.15) is 13.3 Å². The first kappa shape index (κ1) is 13.9. The summed E-state index contributed by atoms with van der Waals surface area (Å²) < 4.78 is 27.6. The highest BCUT2D eigenvalue weighted by atomic mass is 32.2. The summed E-state index contributed by atoms with van der Waals surface area (Å²) in [5.41, 5.74) is -0.234. The molecule has 0 aliphatic carbocycles. The van der Waals surface area contributed by atoms with Crippen molar-refractivity contribution in [3.8, 4) is 0 Å². The molecule has 0 aromatic heterocycles. The van der Waals surface area contributed by atoms with Gasteiger partial charge in [0, 0.05) is 32.3 Å². The maximum absolute atomic E-state index is 11.3. The number of hydrogen-bond donors (Lipinski definition) is 2. The highest BCUT2D eigenvalue weighted by molar-refractivity contribution is 7.91. The molecule has 1 aliphatic heterocycles. The molecule has 6 heteroatoms. The second-order valence-corrected chi connectivity index (χ2v) is 6.76. The summed E-state index contributed by atoms with van der Waals surface area (Å²) in [5.74, 6) is 0.575. The fourth-order valence-corrected chi connectivity index (χ4v) is 4.02. The summed E-state index contributed by atoms with van der Waals surface area (Å²) in [6, 6.07) is 0. The first-order valence-electron chi connectivity index (χ1n) is 5.63. The summed E-state index contributed by atoms with van der Waals surface area (Å²) >= 11 is 0. The van der Waals surface area contributed by atoms with Gasteiger partial charge in [-0.3, -0.25) is 0 Å². The molecule has 0 aromatic rings. The molecule has 0 bridgehead atoms. The molecule has 16 heavy (non-hydrogen) atoms. The van der Waals surface area contributed by atoms with Gasteiger partial charge < -0.3 is 15.4 Å². The molecular weight excluding hydrogens is 228 g/mol. The molecule has 1 saturated heterocycles. The van der Waals surface area contributed by atoms with Crippen LogP contribution in [0.25, 0.3) is 0 Å². The van der Waals surface area contributed by atoms with E-state index in [2.05, 4.69) is 10.6 Å². The molecule has 5 nitrogen and oxygen atoms in total. The summed E-state index contributed by atoms with van der Waals surface area (Å²) in [4.78, 5) is 0. The average Bonchev–Trinajstić information content (AvgIpc) is 2.47. The van der Waals surface area contributed by atoms with Crippen LogP contribution in [0.2, 0.25) is 0 Å². The molecule has 1 rings (SSSR count). The Labute approximate surface area is 97.9 Å². The van der Waals surface area contributed by atoms with E-state index in [9.17, 15) is 8.42 Å². The molecule has 1 unspecified atom stereocenters. The van der Waals surface area contributed by atoms with E-state index in [1.807, 2.05) is 6.92 Å². The minimum atomic E-state index is -2.81. The van der Waals surface area contributed by atoms with Crippen molar-refractivity contribution in [3.63, 3.8) is 0 Å². The zero-order chi connectivity index (χ0) is 12.1. The highest BCUT2D eigenvalue weighted by Crippen LogP contribution is 2.22. The third-order valence-corrected chi connectivity index (χ3v) is 4.74. The van der Waals surface area contributed by atoms with E-state index in [4.69, 9.17) is 4.74 Å². The smallest absolute Gasteiger partial charge is 0.152 e. The van der Waals surface area contributed by atoms with E-state index < -0.39 is 9.84 Å². The lowest BCUT2D eigenvalue weighted by molar-refractivity contribution is 0.199. The van der Waals surface area contributed by atoms with Gasteiger partial charge >= 0.3 is 0 Å². The van der Waals surface area contributed by atoms with E-state index in [0.29, 0.717) is 18.8 Å². The molecule has 2 N–H and O–H groups in total. The van der Waals surface area contributed by atoms with Gasteiger partial charge in [0.2, 0.25) is 0 Å². The van der Waals surface area contributed by atoms with E-state index in [-0.39, 0.29) is 11.3 Å². The second-order valence-electron chi connectivity index (χ2n) is 4.57. The minimum absolute atomic E-state index is 0.234. The Hall–Kier alpha value is -0.170. The molecule has 0 spiro atoms. The van der Waals surface area contributed by atoms with E-state index in [1.54, 1.807) is 7.11 Å². The van der Waals surface area contributed by atoms with Gasteiger partial charge in [0.05, 0.1) is 18.1 Å². The van der Waals surface area contributed by atoms with Gasteiger partial charge in [0.1, 0.15) is 0 Å². The van der Waals surface area contributed by atoms with Crippen LogP contribution in [0.4, 0.5) is 0 Å². The second kappa shape index (κ2) is 5.95. The first-order valence-corrected chi connectivity index (χ1v) is 7.45. The molecule has 0 radical (unpaired) electrons. The third kappa shape index (κ3) is 4.78. The van der Waals surface area contributed by atoms with Crippen LogP contribution in [0.5, 0.6) is 0 Å². The van der Waals surface area contributed by atoms with E-state index in [1.165, 1.54) is 0 Å². The van der Waals surface area contributed by atoms with Crippen molar-refractivity contribution in [2.75, 3.05) is 44.9 Å². The first-order chi connectivity index (χ1) is 7.47. The Morgan fingerprint density at radius 1 is 1.31 bits per heavy atom. The van der Waals surface area contributed by atoms with Crippen molar-refractivity contribution in [1.82, 2.24) is 10.6 Å². The van der Waals surface area contributed by atoms with Crippen LogP contribution in [0.3, 0.4) is 0 Å². The summed E-state index contributed by atoms with van der Waals surface area (Å²) in [6.07, 6.45) is 0.716. The van der Waals surface area contributed by atoms with Crippen molar-refractivity contribution >= 4 is 9.84 Å². The Morgan fingerprint density at radius 3 is 2.62 bits per heavy atom. The molecule has 96 valence electrons. The zero-order valence-corrected chi connectivity index (χ0v) is 10.9. The molecule has 0 aromatic carbocycles. The molecule has 0 saturated carbocycles. The predicted molar refractivity (Wildman–Crippen MR) is 64.4 cm³/mol. The number of rotatable bonds is 7. The number of hydrogen-bond acceptors (Lipinski definition) is 5. The van der Waals surface area contributed by atoms with Crippen LogP contribution in [0.15, 0.2) is 0 Å². The summed E-state index contributed by atoms with van der Waals surface area (Å²) in [6.45, 7) is 5.13. The fourth-order valence-electron chi connectivity index (χ4n) is 1.90. The summed E-state index contributed by atoms with van der Waals surface area (Å²) in [5, 5.41) is 6.52. The largest absolute Gasteiger partial charge is 0.383 e. The minimum Gasteiger partial charge on any atom is -0.383 e. The molecule has 1 fully saturated rings. The molecule has 1 aliphatic rings. The van der Waals surface area contributed by atoms with Crippen LogP contribution in [-0.2, 0) is 14.6 Å². The molecule has 1 atom stereocenters. The average molecular weight is 250 g/mol. The number of ether oxygens (including phenoxy) is 1. The zero-order valence-electron chi connectivity index (χ0n) is 10.1. The van der Waals surface area contributed by atoms with Crippen molar-refractivity contribution in [2.45, 2.75) is 18.9 Å². The molecule has 0 amide bonds. The predicted octanol–water partition coefficient (Wildman–Crippen LogP) is -0.611.